The molecule has 0 bridgehead atoms. The van der Waals surface area contributed by atoms with Crippen molar-refractivity contribution < 1.29 is 13.2 Å². The van der Waals surface area contributed by atoms with E-state index in [9.17, 15) is 13.2 Å². The molecule has 1 saturated heterocycles. The van der Waals surface area contributed by atoms with Gasteiger partial charge in [0.2, 0.25) is 15.9 Å². The van der Waals surface area contributed by atoms with E-state index in [4.69, 9.17) is 0 Å². The molecule has 0 radical (unpaired) electrons. The number of amides is 1. The van der Waals surface area contributed by atoms with Gasteiger partial charge in [0.05, 0.1) is 6.26 Å². The highest BCUT2D eigenvalue weighted by Gasteiger charge is 2.36. The Morgan fingerprint density at radius 1 is 1.39 bits per heavy atom. The Kier molecular flexibility index (Phi) is 4.31. The maximum absolute atomic E-state index is 12.2. The minimum Gasteiger partial charge on any atom is -0.354 e. The number of hydrogen-bond donors (Lipinski definition) is 1. The molecule has 9 heteroatoms. The SMILES string of the molecule is CS(=O)(=O)N1CCC[C@H]1C(=O)NCCc1nnc2ccccn12. The maximum atomic E-state index is 12.2. The molecule has 2 aromatic heterocycles. The van der Waals surface area contributed by atoms with Gasteiger partial charge in [-0.05, 0) is 25.0 Å². The first kappa shape index (κ1) is 15.9. The molecule has 1 N–H and O–H groups in total. The van der Waals surface area contributed by atoms with Crippen LogP contribution >= 0.6 is 0 Å². The summed E-state index contributed by atoms with van der Waals surface area (Å²) in [5.74, 6) is 0.508. The lowest BCUT2D eigenvalue weighted by molar-refractivity contribution is -0.124. The Balaban J connectivity index is 1.59. The molecule has 0 saturated carbocycles. The standard InChI is InChI=1S/C14H19N5O3S/c1-23(21,22)19-10-4-5-11(19)14(20)15-8-7-13-17-16-12-6-2-3-9-18(12)13/h2-3,6,9,11H,4-5,7-8,10H2,1H3,(H,15,20)/t11-/m0/s1. The molecule has 124 valence electrons. The summed E-state index contributed by atoms with van der Waals surface area (Å²) in [5, 5.41) is 11.0. The predicted molar refractivity (Wildman–Crippen MR) is 84.3 cm³/mol. The van der Waals surface area contributed by atoms with Crippen LogP contribution in [0.4, 0.5) is 0 Å². The van der Waals surface area contributed by atoms with E-state index in [1.54, 1.807) is 0 Å². The highest BCUT2D eigenvalue weighted by molar-refractivity contribution is 7.88. The van der Waals surface area contributed by atoms with Gasteiger partial charge in [0.15, 0.2) is 5.65 Å². The molecule has 1 aliphatic rings. The Morgan fingerprint density at radius 2 is 2.22 bits per heavy atom. The first-order chi connectivity index (χ1) is 11.0. The van der Waals surface area contributed by atoms with Gasteiger partial charge in [-0.1, -0.05) is 6.07 Å². The van der Waals surface area contributed by atoms with Crippen molar-refractivity contribution in [3.63, 3.8) is 0 Å². The normalized spacial score (nSPS) is 19.3. The van der Waals surface area contributed by atoms with Crippen LogP contribution in [0.15, 0.2) is 24.4 Å². The topological polar surface area (TPSA) is 96.7 Å². The molecule has 1 amide bonds. The van der Waals surface area contributed by atoms with Crippen LogP contribution in [0.2, 0.25) is 0 Å². The number of pyridine rings is 1. The van der Waals surface area contributed by atoms with Crippen molar-refractivity contribution in [1.29, 1.82) is 0 Å². The number of fused-ring (bicyclic) bond motifs is 1. The monoisotopic (exact) mass is 337 g/mol. The van der Waals surface area contributed by atoms with Crippen molar-refractivity contribution in [3.05, 3.63) is 30.2 Å². The summed E-state index contributed by atoms with van der Waals surface area (Å²) in [4.78, 5) is 12.2. The molecular weight excluding hydrogens is 318 g/mol. The lowest BCUT2D eigenvalue weighted by Crippen LogP contribution is -2.46. The molecule has 1 fully saturated rings. The first-order valence-corrected chi connectivity index (χ1v) is 9.35. The summed E-state index contributed by atoms with van der Waals surface area (Å²) in [6, 6.07) is 5.04. The van der Waals surface area contributed by atoms with Gasteiger partial charge in [0, 0.05) is 25.7 Å². The lowest BCUT2D eigenvalue weighted by Gasteiger charge is -2.21. The summed E-state index contributed by atoms with van der Waals surface area (Å²) in [6.45, 7) is 0.800. The summed E-state index contributed by atoms with van der Waals surface area (Å²) in [5.41, 5.74) is 0.757. The van der Waals surface area contributed by atoms with Gasteiger partial charge in [-0.2, -0.15) is 4.31 Å². The molecule has 3 heterocycles. The minimum atomic E-state index is -3.35. The van der Waals surface area contributed by atoms with E-state index in [-0.39, 0.29) is 5.91 Å². The maximum Gasteiger partial charge on any atom is 0.238 e. The molecule has 0 unspecified atom stereocenters. The molecule has 0 aliphatic carbocycles. The fraction of sp³-hybridized carbons (Fsp3) is 0.500. The van der Waals surface area contributed by atoms with Crippen molar-refractivity contribution in [3.8, 4) is 0 Å². The molecule has 2 aromatic rings. The van der Waals surface area contributed by atoms with Gasteiger partial charge in [-0.3, -0.25) is 9.20 Å². The summed E-state index contributed by atoms with van der Waals surface area (Å²) < 4.78 is 26.5. The van der Waals surface area contributed by atoms with Crippen LogP contribution in [0.25, 0.3) is 5.65 Å². The van der Waals surface area contributed by atoms with Gasteiger partial charge in [0.25, 0.3) is 0 Å². The van der Waals surface area contributed by atoms with Crippen molar-refractivity contribution in [2.45, 2.75) is 25.3 Å². The van der Waals surface area contributed by atoms with Gasteiger partial charge < -0.3 is 5.32 Å². The number of carbonyl (C=O) groups excluding carboxylic acids is 1. The van der Waals surface area contributed by atoms with Crippen LogP contribution in [0.3, 0.4) is 0 Å². The van der Waals surface area contributed by atoms with E-state index in [2.05, 4.69) is 15.5 Å². The predicted octanol–water partition coefficient (Wildman–Crippen LogP) is -0.188. The van der Waals surface area contributed by atoms with Gasteiger partial charge >= 0.3 is 0 Å². The number of carbonyl (C=O) groups is 1. The third-order valence-corrected chi connectivity index (χ3v) is 5.25. The van der Waals surface area contributed by atoms with Crippen molar-refractivity contribution in [2.24, 2.45) is 0 Å². The average molecular weight is 337 g/mol. The second-order valence-corrected chi connectivity index (χ2v) is 7.55. The zero-order valence-electron chi connectivity index (χ0n) is 12.8. The molecule has 23 heavy (non-hydrogen) atoms. The number of nitrogens with one attached hydrogen (secondary N) is 1. The largest absolute Gasteiger partial charge is 0.354 e. The number of aromatic nitrogens is 3. The van der Waals surface area contributed by atoms with Crippen LogP contribution in [0, 0.1) is 0 Å². The third kappa shape index (κ3) is 3.35. The second kappa shape index (κ2) is 6.25. The highest BCUT2D eigenvalue weighted by atomic mass is 32.2. The Hall–Kier alpha value is -2.00. The average Bonchev–Trinajstić information content (AvgIpc) is 3.13. The summed E-state index contributed by atoms with van der Waals surface area (Å²) in [6.07, 6.45) is 4.81. The Bertz CT molecular complexity index is 817. The van der Waals surface area contributed by atoms with Crippen LogP contribution in [-0.2, 0) is 21.2 Å². The third-order valence-electron chi connectivity index (χ3n) is 3.96. The van der Waals surface area contributed by atoms with Crippen molar-refractivity contribution in [1.82, 2.24) is 24.2 Å². The smallest absolute Gasteiger partial charge is 0.238 e. The van der Waals surface area contributed by atoms with E-state index in [0.29, 0.717) is 32.4 Å². The van der Waals surface area contributed by atoms with Crippen molar-refractivity contribution in [2.75, 3.05) is 19.3 Å². The second-order valence-electron chi connectivity index (χ2n) is 5.62. The molecular formula is C14H19N5O3S. The van der Waals surface area contributed by atoms with Crippen LogP contribution in [0.5, 0.6) is 0 Å². The van der Waals surface area contributed by atoms with Crippen LogP contribution < -0.4 is 5.32 Å². The fourth-order valence-corrected chi connectivity index (χ4v) is 4.00. The van der Waals surface area contributed by atoms with E-state index in [0.717, 1.165) is 17.7 Å². The Labute approximate surface area is 134 Å². The molecule has 8 nitrogen and oxygen atoms in total. The number of nitrogens with zero attached hydrogens (tertiary/aromatic N) is 4. The molecule has 0 aromatic carbocycles. The molecule has 3 rings (SSSR count). The number of sulfonamides is 1. The summed E-state index contributed by atoms with van der Waals surface area (Å²) >= 11 is 0. The first-order valence-electron chi connectivity index (χ1n) is 7.50. The minimum absolute atomic E-state index is 0.248. The Morgan fingerprint density at radius 3 is 3.00 bits per heavy atom. The lowest BCUT2D eigenvalue weighted by atomic mass is 10.2. The number of rotatable bonds is 5. The summed E-state index contributed by atoms with van der Waals surface area (Å²) in [7, 11) is -3.35. The zero-order valence-corrected chi connectivity index (χ0v) is 13.7. The van der Waals surface area contributed by atoms with E-state index in [1.165, 1.54) is 4.31 Å². The zero-order chi connectivity index (χ0) is 16.4. The van der Waals surface area contributed by atoms with E-state index >= 15 is 0 Å². The quantitative estimate of drug-likeness (QED) is 0.816. The van der Waals surface area contributed by atoms with Gasteiger partial charge in [0.1, 0.15) is 11.9 Å². The van der Waals surface area contributed by atoms with Gasteiger partial charge in [-0.25, -0.2) is 8.42 Å². The fourth-order valence-electron chi connectivity index (χ4n) is 2.88. The molecule has 0 spiro atoms. The van der Waals surface area contributed by atoms with Crippen molar-refractivity contribution >= 4 is 21.6 Å². The highest BCUT2D eigenvalue weighted by Crippen LogP contribution is 2.20. The van der Waals surface area contributed by atoms with Crippen LogP contribution in [-0.4, -0.2) is 58.6 Å². The van der Waals surface area contributed by atoms with E-state index < -0.39 is 16.1 Å². The van der Waals surface area contributed by atoms with E-state index in [1.807, 2.05) is 28.8 Å². The molecule has 1 atom stereocenters. The molecule has 1 aliphatic heterocycles. The van der Waals surface area contributed by atoms with Crippen LogP contribution in [0.1, 0.15) is 18.7 Å². The van der Waals surface area contributed by atoms with Gasteiger partial charge in [-0.15, -0.1) is 10.2 Å². The number of hydrogen-bond acceptors (Lipinski definition) is 5.